The van der Waals surface area contributed by atoms with E-state index >= 15 is 0 Å². The quantitative estimate of drug-likeness (QED) is 0.0553. The van der Waals surface area contributed by atoms with E-state index in [1.807, 2.05) is 0 Å². The van der Waals surface area contributed by atoms with E-state index in [1.54, 1.807) is 0 Å². The summed E-state index contributed by atoms with van der Waals surface area (Å²) in [6.07, 6.45) is 40.2. The molecule has 0 aliphatic rings. The van der Waals surface area contributed by atoms with Crippen LogP contribution in [0.4, 0.5) is 0 Å². The van der Waals surface area contributed by atoms with E-state index in [2.05, 4.69) is 86.6 Å². The third kappa shape index (κ3) is 23.9. The first kappa shape index (κ1) is 45.6. The van der Waals surface area contributed by atoms with E-state index in [1.165, 1.54) is 176 Å². The molecule has 0 N–H and O–H groups in total. The van der Waals surface area contributed by atoms with E-state index in [4.69, 9.17) is 9.47 Å². The molecule has 302 valence electrons. The van der Waals surface area contributed by atoms with Crippen molar-refractivity contribution in [1.82, 2.24) is 0 Å². The van der Waals surface area contributed by atoms with Crippen LogP contribution >= 0.6 is 0 Å². The Morgan fingerprint density at radius 2 is 0.463 bits per heavy atom. The van der Waals surface area contributed by atoms with E-state index in [0.717, 1.165) is 63.2 Å². The van der Waals surface area contributed by atoms with Crippen molar-refractivity contribution in [3.63, 3.8) is 0 Å². The van der Waals surface area contributed by atoms with Gasteiger partial charge in [-0.3, -0.25) is 0 Å². The lowest BCUT2D eigenvalue weighted by Crippen LogP contribution is -1.98. The van der Waals surface area contributed by atoms with Crippen molar-refractivity contribution < 1.29 is 9.47 Å². The van der Waals surface area contributed by atoms with Crippen LogP contribution in [-0.2, 0) is 25.7 Å². The topological polar surface area (TPSA) is 18.5 Å². The molecule has 0 bridgehead atoms. The van der Waals surface area contributed by atoms with Gasteiger partial charge in [-0.1, -0.05) is 216 Å². The van der Waals surface area contributed by atoms with Crippen LogP contribution < -0.4 is 9.47 Å². The fourth-order valence-corrected chi connectivity index (χ4v) is 7.57. The third-order valence-electron chi connectivity index (χ3n) is 11.3. The van der Waals surface area contributed by atoms with Crippen molar-refractivity contribution in [2.24, 2.45) is 0 Å². The van der Waals surface area contributed by atoms with Gasteiger partial charge < -0.3 is 9.47 Å². The summed E-state index contributed by atoms with van der Waals surface area (Å²) in [5, 5.41) is 0. The molecule has 0 radical (unpaired) electrons. The zero-order valence-electron chi connectivity index (χ0n) is 35.4. The first-order chi connectivity index (χ1) is 26.8. The molecule has 0 fully saturated rings. The largest absolute Gasteiger partial charge is 0.494 e. The smallest absolute Gasteiger partial charge is 0.119 e. The van der Waals surface area contributed by atoms with Gasteiger partial charge in [0.15, 0.2) is 0 Å². The van der Waals surface area contributed by atoms with Crippen molar-refractivity contribution in [3.05, 3.63) is 95.1 Å². The molecule has 0 saturated heterocycles. The van der Waals surface area contributed by atoms with Gasteiger partial charge in [-0.05, 0) is 85.0 Å². The standard InChI is InChI=1S/C52H82O2/c1-3-5-7-9-11-13-15-17-19-21-23-25-27-45-53-51-41-37-49(38-42-51)35-33-47-29-31-48(32-30-47)34-36-50-39-43-52(44-40-50)54-46-28-26-24-22-20-18-16-14-12-10-8-6-4-2/h29-32,37-44H,3-28,33-36,45-46H2,1-2H3. The van der Waals surface area contributed by atoms with Crippen molar-refractivity contribution in [2.45, 2.75) is 206 Å². The molecule has 3 rings (SSSR count). The molecule has 3 aromatic carbocycles. The first-order valence-corrected chi connectivity index (χ1v) is 23.3. The second-order valence-electron chi connectivity index (χ2n) is 16.3. The normalized spacial score (nSPS) is 11.3. The predicted molar refractivity (Wildman–Crippen MR) is 237 cm³/mol. The summed E-state index contributed by atoms with van der Waals surface area (Å²) in [7, 11) is 0. The Labute approximate surface area is 334 Å². The molecule has 0 aromatic heterocycles. The molecule has 0 unspecified atom stereocenters. The maximum atomic E-state index is 6.04. The first-order valence-electron chi connectivity index (χ1n) is 23.3. The molecule has 54 heavy (non-hydrogen) atoms. The van der Waals surface area contributed by atoms with Gasteiger partial charge in [0.1, 0.15) is 11.5 Å². The van der Waals surface area contributed by atoms with Crippen LogP contribution in [0.1, 0.15) is 203 Å². The van der Waals surface area contributed by atoms with Crippen LogP contribution in [-0.4, -0.2) is 13.2 Å². The number of benzene rings is 3. The van der Waals surface area contributed by atoms with E-state index in [-0.39, 0.29) is 0 Å². The lowest BCUT2D eigenvalue weighted by molar-refractivity contribution is 0.304. The Bertz CT molecular complexity index is 1130. The van der Waals surface area contributed by atoms with E-state index in [0.29, 0.717) is 0 Å². The van der Waals surface area contributed by atoms with Crippen LogP contribution in [0.15, 0.2) is 72.8 Å². The van der Waals surface area contributed by atoms with Crippen LogP contribution in [0.5, 0.6) is 11.5 Å². The number of aryl methyl sites for hydroxylation is 4. The van der Waals surface area contributed by atoms with Gasteiger partial charge in [-0.2, -0.15) is 0 Å². The molecular formula is C52H82O2. The summed E-state index contributed by atoms with van der Waals surface area (Å²) in [6.45, 7) is 6.26. The second kappa shape index (κ2) is 32.5. The summed E-state index contributed by atoms with van der Waals surface area (Å²) < 4.78 is 12.1. The van der Waals surface area contributed by atoms with Crippen LogP contribution in [0.2, 0.25) is 0 Å². The van der Waals surface area contributed by atoms with Crippen molar-refractivity contribution in [3.8, 4) is 11.5 Å². The number of rotatable bonds is 36. The highest BCUT2D eigenvalue weighted by molar-refractivity contribution is 5.30. The maximum absolute atomic E-state index is 6.04. The summed E-state index contributed by atoms with van der Waals surface area (Å²) in [5.74, 6) is 2.02. The molecule has 0 amide bonds. The van der Waals surface area contributed by atoms with Gasteiger partial charge >= 0.3 is 0 Å². The van der Waals surface area contributed by atoms with Gasteiger partial charge in [-0.15, -0.1) is 0 Å². The highest BCUT2D eigenvalue weighted by Crippen LogP contribution is 2.19. The van der Waals surface area contributed by atoms with Gasteiger partial charge in [-0.25, -0.2) is 0 Å². The molecule has 0 heterocycles. The van der Waals surface area contributed by atoms with Gasteiger partial charge in [0, 0.05) is 0 Å². The molecule has 3 aromatic rings. The molecule has 2 nitrogen and oxygen atoms in total. The summed E-state index contributed by atoms with van der Waals surface area (Å²) >= 11 is 0. The number of ether oxygens (including phenoxy) is 2. The molecular weight excluding hydrogens is 657 g/mol. The molecule has 0 saturated carbocycles. The Balaban J connectivity index is 1.15. The van der Waals surface area contributed by atoms with Crippen LogP contribution in [0.3, 0.4) is 0 Å². The number of hydrogen-bond donors (Lipinski definition) is 0. The molecule has 0 spiro atoms. The van der Waals surface area contributed by atoms with Gasteiger partial charge in [0.25, 0.3) is 0 Å². The van der Waals surface area contributed by atoms with E-state index < -0.39 is 0 Å². The minimum Gasteiger partial charge on any atom is -0.494 e. The molecule has 2 heteroatoms. The van der Waals surface area contributed by atoms with Crippen molar-refractivity contribution in [1.29, 1.82) is 0 Å². The minimum atomic E-state index is 0.836. The van der Waals surface area contributed by atoms with E-state index in [9.17, 15) is 0 Å². The third-order valence-corrected chi connectivity index (χ3v) is 11.3. The van der Waals surface area contributed by atoms with Crippen LogP contribution in [0, 0.1) is 0 Å². The zero-order chi connectivity index (χ0) is 38.0. The van der Waals surface area contributed by atoms with Gasteiger partial charge in [0.05, 0.1) is 13.2 Å². The lowest BCUT2D eigenvalue weighted by Gasteiger charge is -2.09. The lowest BCUT2D eigenvalue weighted by atomic mass is 10.0. The Morgan fingerprint density at radius 3 is 0.704 bits per heavy atom. The highest BCUT2D eigenvalue weighted by Gasteiger charge is 2.02. The summed E-state index contributed by atoms with van der Waals surface area (Å²) in [4.78, 5) is 0. The highest BCUT2D eigenvalue weighted by atomic mass is 16.5. The monoisotopic (exact) mass is 739 g/mol. The second-order valence-corrected chi connectivity index (χ2v) is 16.3. The minimum absolute atomic E-state index is 0.836. The maximum Gasteiger partial charge on any atom is 0.119 e. The Kier molecular flexibility index (Phi) is 27.5. The molecule has 0 aliphatic carbocycles. The fraction of sp³-hybridized carbons (Fsp3) is 0.654. The SMILES string of the molecule is CCCCCCCCCCCCCCCOc1ccc(CCc2ccc(CCc3ccc(OCCCCCCCCCCCCCCC)cc3)cc2)cc1. The summed E-state index contributed by atoms with van der Waals surface area (Å²) in [5.41, 5.74) is 5.58. The predicted octanol–water partition coefficient (Wildman–Crippen LogP) is 16.2. The summed E-state index contributed by atoms with van der Waals surface area (Å²) in [6, 6.07) is 26.8. The number of unbranched alkanes of at least 4 members (excludes halogenated alkanes) is 24. The molecule has 0 aliphatic heterocycles. The average Bonchev–Trinajstić information content (AvgIpc) is 3.21. The number of hydrogen-bond acceptors (Lipinski definition) is 2. The average molecular weight is 739 g/mol. The zero-order valence-corrected chi connectivity index (χ0v) is 35.4. The van der Waals surface area contributed by atoms with Crippen molar-refractivity contribution >= 4 is 0 Å². The van der Waals surface area contributed by atoms with Gasteiger partial charge in [0.2, 0.25) is 0 Å². The Morgan fingerprint density at radius 1 is 0.259 bits per heavy atom. The Hall–Kier alpha value is -2.74. The van der Waals surface area contributed by atoms with Crippen molar-refractivity contribution in [2.75, 3.05) is 13.2 Å². The fourth-order valence-electron chi connectivity index (χ4n) is 7.57. The van der Waals surface area contributed by atoms with Crippen LogP contribution in [0.25, 0.3) is 0 Å². The molecule has 0 atom stereocenters.